The summed E-state index contributed by atoms with van der Waals surface area (Å²) in [6.07, 6.45) is 14.4. The van der Waals surface area contributed by atoms with E-state index in [1.165, 1.54) is 94.2 Å². The number of halogens is 2. The maximum absolute atomic E-state index is 12.8. The summed E-state index contributed by atoms with van der Waals surface area (Å²) < 4.78 is 55.9. The summed E-state index contributed by atoms with van der Waals surface area (Å²) >= 11 is 12.0. The van der Waals surface area contributed by atoms with E-state index in [1.54, 1.807) is 0 Å². The summed E-state index contributed by atoms with van der Waals surface area (Å²) in [4.78, 5) is -0.201. The van der Waals surface area contributed by atoms with Crippen molar-refractivity contribution in [1.29, 1.82) is 0 Å². The number of nitrogens with two attached hydrogens (primary N) is 1. The van der Waals surface area contributed by atoms with Gasteiger partial charge in [-0.25, -0.2) is 21.6 Å². The molecule has 0 saturated carbocycles. The summed E-state index contributed by atoms with van der Waals surface area (Å²) in [6.45, 7) is 2.54. The predicted molar refractivity (Wildman–Crippen MR) is 154 cm³/mol. The van der Waals surface area contributed by atoms with E-state index in [2.05, 4.69) is 16.4 Å². The number of nitrogen functional groups attached to an aromatic ring is 1. The van der Waals surface area contributed by atoms with Crippen LogP contribution in [0.2, 0.25) is 10.0 Å². The number of nitrogens with one attached hydrogen (secondary N) is 2. The van der Waals surface area contributed by atoms with Crippen molar-refractivity contribution in [3.05, 3.63) is 46.4 Å². The number of benzene rings is 2. The Labute approximate surface area is 232 Å². The van der Waals surface area contributed by atoms with Crippen molar-refractivity contribution >= 4 is 54.6 Å². The fourth-order valence-corrected chi connectivity index (χ4v) is 6.44. The molecule has 0 atom stereocenters. The first kappa shape index (κ1) is 31.7. The first-order valence-electron chi connectivity index (χ1n) is 12.9. The minimum atomic E-state index is -4.07. The first-order chi connectivity index (χ1) is 17.6. The van der Waals surface area contributed by atoms with Gasteiger partial charge in [0.05, 0.1) is 31.2 Å². The zero-order valence-electron chi connectivity index (χ0n) is 21.4. The van der Waals surface area contributed by atoms with Crippen LogP contribution < -0.4 is 15.2 Å². The Kier molecular flexibility index (Phi) is 13.5. The number of hydrogen-bond donors (Lipinski definition) is 3. The lowest BCUT2D eigenvalue weighted by molar-refractivity contribution is 0.540. The SMILES string of the molecule is CCCCCCCCCCCCCCNS(=O)(=O)c1ccc(Cl)c(NS(=O)(=O)c2ccc(Cl)c(N)c2)c1. The lowest BCUT2D eigenvalue weighted by Gasteiger charge is -2.13. The van der Waals surface area contributed by atoms with Crippen LogP contribution in [0.25, 0.3) is 0 Å². The van der Waals surface area contributed by atoms with Crippen molar-refractivity contribution in [2.24, 2.45) is 0 Å². The Morgan fingerprint density at radius 2 is 1.16 bits per heavy atom. The van der Waals surface area contributed by atoms with E-state index in [0.717, 1.165) is 19.3 Å². The van der Waals surface area contributed by atoms with E-state index in [0.29, 0.717) is 6.54 Å². The molecule has 208 valence electrons. The largest absolute Gasteiger partial charge is 0.397 e. The molecule has 0 aliphatic rings. The first-order valence-corrected chi connectivity index (χ1v) is 16.7. The van der Waals surface area contributed by atoms with Gasteiger partial charge in [-0.2, -0.15) is 0 Å². The van der Waals surface area contributed by atoms with Gasteiger partial charge in [-0.15, -0.1) is 0 Å². The molecule has 11 heteroatoms. The second kappa shape index (κ2) is 15.8. The molecule has 0 radical (unpaired) electrons. The molecule has 0 unspecified atom stereocenters. The van der Waals surface area contributed by atoms with Gasteiger partial charge in [-0.1, -0.05) is 101 Å². The van der Waals surface area contributed by atoms with Crippen LogP contribution >= 0.6 is 23.2 Å². The smallest absolute Gasteiger partial charge is 0.262 e. The number of unbranched alkanes of at least 4 members (excludes halogenated alkanes) is 11. The fourth-order valence-electron chi connectivity index (χ4n) is 3.90. The zero-order valence-corrected chi connectivity index (χ0v) is 24.6. The van der Waals surface area contributed by atoms with E-state index < -0.39 is 20.0 Å². The monoisotopic (exact) mass is 591 g/mol. The van der Waals surface area contributed by atoms with Crippen molar-refractivity contribution in [2.45, 2.75) is 93.8 Å². The van der Waals surface area contributed by atoms with Gasteiger partial charge in [0.25, 0.3) is 10.0 Å². The van der Waals surface area contributed by atoms with Crippen molar-refractivity contribution in [3.63, 3.8) is 0 Å². The number of anilines is 2. The highest BCUT2D eigenvalue weighted by molar-refractivity contribution is 7.92. The third-order valence-corrected chi connectivity index (χ3v) is 9.59. The molecule has 0 bridgehead atoms. The molecule has 0 heterocycles. The highest BCUT2D eigenvalue weighted by atomic mass is 35.5. The van der Waals surface area contributed by atoms with Gasteiger partial charge in [-0.05, 0) is 42.8 Å². The van der Waals surface area contributed by atoms with E-state index in [1.807, 2.05) is 0 Å². The zero-order chi connectivity index (χ0) is 27.3. The lowest BCUT2D eigenvalue weighted by Crippen LogP contribution is -2.25. The molecule has 2 aromatic carbocycles. The molecule has 0 saturated heterocycles. The maximum Gasteiger partial charge on any atom is 0.262 e. The van der Waals surface area contributed by atoms with E-state index in [-0.39, 0.29) is 31.2 Å². The molecule has 0 aliphatic heterocycles. The van der Waals surface area contributed by atoms with Crippen molar-refractivity contribution < 1.29 is 16.8 Å². The molecular formula is C26H39Cl2N3O4S2. The van der Waals surface area contributed by atoms with Crippen LogP contribution in [-0.2, 0) is 20.0 Å². The van der Waals surface area contributed by atoms with Gasteiger partial charge in [0.2, 0.25) is 10.0 Å². The van der Waals surface area contributed by atoms with Crippen molar-refractivity contribution in [2.75, 3.05) is 17.0 Å². The number of rotatable bonds is 18. The Hall–Kier alpha value is -1.52. The van der Waals surface area contributed by atoms with Crippen LogP contribution in [0.4, 0.5) is 11.4 Å². The van der Waals surface area contributed by atoms with Crippen LogP contribution in [-0.4, -0.2) is 23.4 Å². The molecule has 4 N–H and O–H groups in total. The molecule has 2 rings (SSSR count). The Morgan fingerprint density at radius 3 is 1.70 bits per heavy atom. The average Bonchev–Trinajstić information content (AvgIpc) is 2.84. The quantitative estimate of drug-likeness (QED) is 0.124. The highest BCUT2D eigenvalue weighted by Crippen LogP contribution is 2.29. The predicted octanol–water partition coefficient (Wildman–Crippen LogP) is 7.36. The fraction of sp³-hybridized carbons (Fsp3) is 0.538. The Morgan fingerprint density at radius 1 is 0.676 bits per heavy atom. The van der Waals surface area contributed by atoms with E-state index in [9.17, 15) is 16.8 Å². The van der Waals surface area contributed by atoms with Gasteiger partial charge in [0.15, 0.2) is 0 Å². The lowest BCUT2D eigenvalue weighted by atomic mass is 10.1. The van der Waals surface area contributed by atoms with Crippen LogP contribution in [0.5, 0.6) is 0 Å². The van der Waals surface area contributed by atoms with Crippen molar-refractivity contribution in [1.82, 2.24) is 4.72 Å². The van der Waals surface area contributed by atoms with Crippen LogP contribution in [0.3, 0.4) is 0 Å². The summed E-state index contributed by atoms with van der Waals surface area (Å²) in [6, 6.07) is 7.76. The topological polar surface area (TPSA) is 118 Å². The second-order valence-corrected chi connectivity index (χ2v) is 13.5. The van der Waals surface area contributed by atoms with E-state index in [4.69, 9.17) is 28.9 Å². The van der Waals surface area contributed by atoms with Crippen LogP contribution in [0, 0.1) is 0 Å². The van der Waals surface area contributed by atoms with Gasteiger partial charge < -0.3 is 5.73 Å². The summed E-state index contributed by atoms with van der Waals surface area (Å²) in [5, 5.41) is 0.287. The van der Waals surface area contributed by atoms with Gasteiger partial charge >= 0.3 is 0 Å². The molecule has 2 aromatic rings. The highest BCUT2D eigenvalue weighted by Gasteiger charge is 2.20. The van der Waals surface area contributed by atoms with Crippen LogP contribution in [0.1, 0.15) is 84.0 Å². The van der Waals surface area contributed by atoms with Crippen LogP contribution in [0.15, 0.2) is 46.2 Å². The molecule has 7 nitrogen and oxygen atoms in total. The normalized spacial score (nSPS) is 12.1. The molecule has 0 aromatic heterocycles. The summed E-state index contributed by atoms with van der Waals surface area (Å²) in [5.41, 5.74) is 5.76. The second-order valence-electron chi connectivity index (χ2n) is 9.22. The molecule has 0 fully saturated rings. The average molecular weight is 593 g/mol. The minimum absolute atomic E-state index is 0.0524. The summed E-state index contributed by atoms with van der Waals surface area (Å²) in [5.74, 6) is 0. The Balaban J connectivity index is 1.80. The molecule has 0 aliphatic carbocycles. The van der Waals surface area contributed by atoms with Gasteiger partial charge in [-0.3, -0.25) is 4.72 Å². The summed E-state index contributed by atoms with van der Waals surface area (Å²) in [7, 11) is -7.89. The standard InChI is InChI=1S/C26H39Cl2N3O4S2/c1-2-3-4-5-6-7-8-9-10-11-12-13-18-30-36(32,33)22-15-17-24(28)26(20-22)31-37(34,35)21-14-16-23(27)25(29)19-21/h14-17,19-20,30-31H,2-13,18,29H2,1H3. The van der Waals surface area contributed by atoms with Gasteiger partial charge in [0.1, 0.15) is 0 Å². The third-order valence-electron chi connectivity index (χ3n) is 6.09. The molecule has 0 spiro atoms. The third kappa shape index (κ3) is 11.0. The maximum atomic E-state index is 12.8. The van der Waals surface area contributed by atoms with E-state index >= 15 is 0 Å². The molecule has 37 heavy (non-hydrogen) atoms. The van der Waals surface area contributed by atoms with Crippen molar-refractivity contribution in [3.8, 4) is 0 Å². The number of hydrogen-bond acceptors (Lipinski definition) is 5. The van der Waals surface area contributed by atoms with Gasteiger partial charge in [0, 0.05) is 6.54 Å². The number of sulfonamides is 2. The molecule has 0 amide bonds. The Bertz CT molecular complexity index is 1210. The minimum Gasteiger partial charge on any atom is -0.397 e. The molecular weight excluding hydrogens is 553 g/mol.